The summed E-state index contributed by atoms with van der Waals surface area (Å²) < 4.78 is 6.17. The van der Waals surface area contributed by atoms with Crippen LogP contribution in [0.1, 0.15) is 125 Å². The molecule has 5 aliphatic carbocycles. The van der Waals surface area contributed by atoms with E-state index in [2.05, 4.69) is 448 Å². The summed E-state index contributed by atoms with van der Waals surface area (Å²) in [6, 6.07) is 131. The Labute approximate surface area is 699 Å². The van der Waals surface area contributed by atoms with E-state index in [-0.39, 0.29) is 27.1 Å². The minimum absolute atomic E-state index is 0.0133. The molecule has 0 aromatic heterocycles. The molecule has 117 heavy (non-hydrogen) atoms. The number of hydrogen-bond donors (Lipinski definition) is 3. The van der Waals surface area contributed by atoms with Crippen LogP contribution in [-0.2, 0) is 27.1 Å². The molecule has 3 N–H and O–H groups in total. The topological polar surface area (TPSA) is 53.5 Å². The Morgan fingerprint density at radius 3 is 0.786 bits per heavy atom. The maximum absolute atomic E-state index is 8.72. The Bertz CT molecular complexity index is 6310. The number of benzene rings is 16. The zero-order valence-corrected chi connectivity index (χ0v) is 69.5. The van der Waals surface area contributed by atoms with Gasteiger partial charge < -0.3 is 20.3 Å². The third-order valence-corrected chi connectivity index (χ3v) is 26.0. The fourth-order valence-electron chi connectivity index (χ4n) is 18.9. The molecule has 0 saturated heterocycles. The highest BCUT2D eigenvalue weighted by Crippen LogP contribution is 2.56. The van der Waals surface area contributed by atoms with Crippen LogP contribution in [0.25, 0.3) is 111 Å². The van der Waals surface area contributed by atoms with E-state index < -0.39 is 0 Å². The van der Waals surface area contributed by atoms with Crippen LogP contribution >= 0.6 is 15.9 Å². The molecule has 16 aromatic carbocycles. The van der Waals surface area contributed by atoms with Crippen molar-refractivity contribution in [2.75, 3.05) is 10.6 Å². The highest BCUT2D eigenvalue weighted by molar-refractivity contribution is 9.10. The zero-order valence-electron chi connectivity index (χ0n) is 68.0. The van der Waals surface area contributed by atoms with E-state index >= 15 is 0 Å². The van der Waals surface area contributed by atoms with E-state index in [1.165, 1.54) is 167 Å². The number of fused-ring (bicyclic) bond motifs is 15. The van der Waals surface area contributed by atoms with Crippen molar-refractivity contribution < 1.29 is 9.68 Å². The highest BCUT2D eigenvalue weighted by Gasteiger charge is 2.41. The van der Waals surface area contributed by atoms with Gasteiger partial charge in [0, 0.05) is 54.3 Å². The second kappa shape index (κ2) is 30.2. The first-order valence-electron chi connectivity index (χ1n) is 40.7. The van der Waals surface area contributed by atoms with Crippen LogP contribution in [0.3, 0.4) is 0 Å². The van der Waals surface area contributed by atoms with E-state index in [1.807, 2.05) is 12.1 Å². The molecule has 0 unspecified atom stereocenters. The Morgan fingerprint density at radius 2 is 0.436 bits per heavy atom. The molecule has 0 heterocycles. The summed E-state index contributed by atoms with van der Waals surface area (Å²) in [4.78, 5) is 0. The molecule has 0 atom stereocenters. The van der Waals surface area contributed by atoms with Gasteiger partial charge in [0.25, 0.3) is 0 Å². The van der Waals surface area contributed by atoms with Gasteiger partial charge >= 0.3 is 7.69 Å². The standard InChI is InChI=1S/C42H35N.C33H27N.C21H17Br.C15H14BO2/c1-41(2)37-23-29(27-11-7-5-8-12-27)15-19-33(37)35-21-17-31(25-39(35)41)43-32-18-22-36-34-20-16-30(28-13-9-6-10-14-28)24-38(34)42(3,4)40(36)26-32;1-33(2)31-11-7-6-10-29(31)30-21-20-28(22-32(30)33)34-27-18-16-26(17-19-27)25-14-12-24(13-15-25)23-8-4-3-5-9-23;1-21(2)19-6-4-3-5-17(19)18-12-9-15(13-20(18)21)14-7-10-16(22)11-8-14;1-15(2)13-6-4-3-5-11(13)12-8-7-10(18-16-17)9-14(12)15/h5-26,43H,1-4H3;3-22,34H,1-2H3;3-13H,1-2H3;3-9,17H,1-2H3. The van der Waals surface area contributed by atoms with Gasteiger partial charge in [-0.15, -0.1) is 0 Å². The average Bonchev–Trinajstić information content (AvgIpc) is 1.61. The van der Waals surface area contributed by atoms with Gasteiger partial charge in [-0.1, -0.05) is 358 Å². The minimum Gasteiger partial charge on any atom is -0.537 e. The Hall–Kier alpha value is -12.6. The summed E-state index contributed by atoms with van der Waals surface area (Å²) in [5.41, 5.74) is 44.0. The number of halogens is 1. The van der Waals surface area contributed by atoms with Crippen LogP contribution in [-0.4, -0.2) is 12.7 Å². The zero-order chi connectivity index (χ0) is 80.5. The predicted molar refractivity (Wildman–Crippen MR) is 497 cm³/mol. The van der Waals surface area contributed by atoms with Gasteiger partial charge in [0.15, 0.2) is 0 Å². The summed E-state index contributed by atoms with van der Waals surface area (Å²) in [5.74, 6) is 0.664. The summed E-state index contributed by atoms with van der Waals surface area (Å²) in [6.45, 7) is 23.1. The largest absolute Gasteiger partial charge is 0.569 e. The van der Waals surface area contributed by atoms with Gasteiger partial charge in [-0.05, 0) is 258 Å². The lowest BCUT2D eigenvalue weighted by Crippen LogP contribution is -2.15. The van der Waals surface area contributed by atoms with Crippen LogP contribution in [0.4, 0.5) is 22.7 Å². The van der Waals surface area contributed by atoms with E-state index in [0.717, 1.165) is 34.9 Å². The lowest BCUT2D eigenvalue weighted by atomic mass is 9.81. The van der Waals surface area contributed by atoms with E-state index in [1.54, 1.807) is 0 Å². The monoisotopic (exact) mass is 1580 g/mol. The normalized spacial score (nSPS) is 14.3. The second-order valence-corrected chi connectivity index (χ2v) is 35.2. The lowest BCUT2D eigenvalue weighted by molar-refractivity contribution is 0.453. The Morgan fingerprint density at radius 1 is 0.214 bits per heavy atom. The molecule has 569 valence electrons. The first kappa shape index (κ1) is 75.8. The van der Waals surface area contributed by atoms with Gasteiger partial charge in [-0.2, -0.15) is 0 Å². The summed E-state index contributed by atoms with van der Waals surface area (Å²) >= 11 is 3.51. The van der Waals surface area contributed by atoms with Crippen LogP contribution in [0.15, 0.2) is 368 Å². The Balaban J connectivity index is 0.000000114. The van der Waals surface area contributed by atoms with Crippen LogP contribution in [0.2, 0.25) is 0 Å². The van der Waals surface area contributed by atoms with Crippen molar-refractivity contribution in [2.45, 2.75) is 96.3 Å². The third-order valence-electron chi connectivity index (χ3n) is 25.4. The number of hydrogen-bond acceptors (Lipinski definition) is 4. The minimum atomic E-state index is -0.0782. The van der Waals surface area contributed by atoms with Gasteiger partial charge in [0.2, 0.25) is 0 Å². The Kier molecular flexibility index (Phi) is 19.6. The molecule has 0 bridgehead atoms. The molecule has 0 saturated carbocycles. The van der Waals surface area contributed by atoms with Gasteiger partial charge in [0.05, 0.1) is 0 Å². The number of nitrogens with one attached hydrogen (secondary N) is 2. The lowest BCUT2D eigenvalue weighted by Gasteiger charge is -2.23. The molecule has 1 radical (unpaired) electrons. The van der Waals surface area contributed by atoms with E-state index in [0.29, 0.717) is 5.75 Å². The number of rotatable bonds is 11. The van der Waals surface area contributed by atoms with Gasteiger partial charge in [-0.3, -0.25) is 0 Å². The summed E-state index contributed by atoms with van der Waals surface area (Å²) in [5, 5.41) is 16.1. The van der Waals surface area contributed by atoms with Gasteiger partial charge in [0.1, 0.15) is 5.75 Å². The molecule has 16 aromatic rings. The molecule has 0 spiro atoms. The molecule has 0 aliphatic heterocycles. The van der Waals surface area contributed by atoms with Crippen molar-refractivity contribution >= 4 is 46.4 Å². The van der Waals surface area contributed by atoms with Crippen molar-refractivity contribution in [2.24, 2.45) is 0 Å². The van der Waals surface area contributed by atoms with E-state index in [4.69, 9.17) is 9.68 Å². The van der Waals surface area contributed by atoms with Crippen LogP contribution in [0, 0.1) is 0 Å². The van der Waals surface area contributed by atoms with Crippen molar-refractivity contribution in [3.8, 4) is 117 Å². The molecule has 21 rings (SSSR count). The quantitative estimate of drug-likeness (QED) is 0.113. The number of anilines is 4. The summed E-state index contributed by atoms with van der Waals surface area (Å²) in [6.07, 6.45) is 0. The predicted octanol–water partition coefficient (Wildman–Crippen LogP) is 29.8. The third kappa shape index (κ3) is 13.9. The maximum atomic E-state index is 8.72. The molecular weight excluding hydrogens is 1480 g/mol. The first-order chi connectivity index (χ1) is 56.6. The molecule has 0 fully saturated rings. The van der Waals surface area contributed by atoms with E-state index in [9.17, 15) is 0 Å². The first-order valence-corrected chi connectivity index (χ1v) is 41.5. The van der Waals surface area contributed by atoms with Crippen molar-refractivity contribution in [1.29, 1.82) is 0 Å². The van der Waals surface area contributed by atoms with Gasteiger partial charge in [-0.25, -0.2) is 0 Å². The molecule has 6 heteroatoms. The second-order valence-electron chi connectivity index (χ2n) is 34.3. The fraction of sp³-hybridized carbons (Fsp3) is 0.135. The SMILES string of the molecule is CC1(C)c2cc(Nc3ccc4c(c3)C(C)(C)c3cc(-c5ccccc5)ccc3-4)ccc2-c2ccc(-c3ccccc3)cc21.CC1(C)c2ccccc2-c2ccc(-c3ccc(Br)cc3)cc21.CC1(C)c2ccccc2-c2ccc(Nc3ccc(-c4ccc(-c5ccccc5)cc4)cc3)cc21.CC1(C)c2ccccc2-c2ccc(O[B]O)cc21. The highest BCUT2D eigenvalue weighted by atomic mass is 79.9. The van der Waals surface area contributed by atoms with Crippen LogP contribution in [0.5, 0.6) is 5.75 Å². The molecular formula is C111H93BBrN2O2. The molecule has 4 nitrogen and oxygen atoms in total. The summed E-state index contributed by atoms with van der Waals surface area (Å²) in [7, 11) is 0.719. The van der Waals surface area contributed by atoms with Crippen molar-refractivity contribution in [3.05, 3.63) is 424 Å². The van der Waals surface area contributed by atoms with Crippen molar-refractivity contribution in [3.63, 3.8) is 0 Å². The smallest absolute Gasteiger partial charge is 0.537 e. The fourth-order valence-corrected chi connectivity index (χ4v) is 19.2. The average molecular weight is 1580 g/mol. The van der Waals surface area contributed by atoms with Crippen LogP contribution < -0.4 is 15.3 Å². The van der Waals surface area contributed by atoms with Crippen molar-refractivity contribution in [1.82, 2.24) is 0 Å². The molecule has 5 aliphatic rings. The maximum Gasteiger partial charge on any atom is 0.569 e. The molecule has 0 amide bonds.